The summed E-state index contributed by atoms with van der Waals surface area (Å²) in [6, 6.07) is 10.8. The van der Waals surface area contributed by atoms with E-state index in [1.54, 1.807) is 0 Å². The molecular weight excluding hydrogens is 370 g/mol. The summed E-state index contributed by atoms with van der Waals surface area (Å²) in [4.78, 5) is 10.7. The number of hydrogen-bond acceptors (Lipinski definition) is 1. The van der Waals surface area contributed by atoms with E-state index in [0.717, 1.165) is 36.8 Å². The van der Waals surface area contributed by atoms with Gasteiger partial charge in [0.1, 0.15) is 6.54 Å². The Bertz CT molecular complexity index is 531. The second kappa shape index (κ2) is 17.3. The molecule has 0 saturated carbocycles. The van der Waals surface area contributed by atoms with Gasteiger partial charge >= 0.3 is 5.97 Å². The van der Waals surface area contributed by atoms with Crippen LogP contribution in [0.4, 0.5) is 0 Å². The molecular formula is C27H48NO2+. The van der Waals surface area contributed by atoms with Crippen LogP contribution < -0.4 is 0 Å². The van der Waals surface area contributed by atoms with E-state index >= 15 is 0 Å². The minimum absolute atomic E-state index is 0.307. The van der Waals surface area contributed by atoms with Crippen LogP contribution in [0.25, 0.3) is 0 Å². The van der Waals surface area contributed by atoms with Crippen molar-refractivity contribution in [2.24, 2.45) is 0 Å². The number of unbranched alkanes of at least 4 members (excludes halogenated alkanes) is 12. The molecule has 0 amide bonds. The molecule has 0 aromatic heterocycles. The number of benzene rings is 1. The molecule has 172 valence electrons. The highest BCUT2D eigenvalue weighted by Crippen LogP contribution is 2.18. The van der Waals surface area contributed by atoms with Gasteiger partial charge in [-0.15, -0.1) is 0 Å². The molecule has 0 heterocycles. The molecule has 1 atom stereocenters. The van der Waals surface area contributed by atoms with Gasteiger partial charge in [-0.1, -0.05) is 95.0 Å². The van der Waals surface area contributed by atoms with E-state index in [0.29, 0.717) is 6.42 Å². The Hall–Kier alpha value is -1.35. The molecule has 1 aromatic rings. The van der Waals surface area contributed by atoms with E-state index in [1.165, 1.54) is 82.7 Å². The quantitative estimate of drug-likeness (QED) is 0.175. The van der Waals surface area contributed by atoms with Crippen molar-refractivity contribution in [3.8, 4) is 0 Å². The summed E-state index contributed by atoms with van der Waals surface area (Å²) in [5.74, 6) is -0.669. The Morgan fingerprint density at radius 2 is 1.20 bits per heavy atom. The van der Waals surface area contributed by atoms with Crippen molar-refractivity contribution < 1.29 is 14.4 Å². The molecule has 0 radical (unpaired) electrons. The van der Waals surface area contributed by atoms with Crippen LogP contribution in [0.5, 0.6) is 0 Å². The summed E-state index contributed by atoms with van der Waals surface area (Å²) in [6.07, 6.45) is 18.5. The maximum atomic E-state index is 10.7. The molecule has 0 aliphatic heterocycles. The zero-order valence-electron chi connectivity index (χ0n) is 19.9. The van der Waals surface area contributed by atoms with E-state index in [4.69, 9.17) is 5.11 Å². The van der Waals surface area contributed by atoms with Crippen LogP contribution in [0, 0.1) is 0 Å². The van der Waals surface area contributed by atoms with Gasteiger partial charge in [0.25, 0.3) is 0 Å². The maximum Gasteiger partial charge on any atom is 0.303 e. The Labute approximate surface area is 186 Å². The normalized spacial score (nSPS) is 13.3. The number of rotatable bonds is 20. The molecule has 1 N–H and O–H groups in total. The highest BCUT2D eigenvalue weighted by Gasteiger charge is 2.21. The van der Waals surface area contributed by atoms with Crippen LogP contribution in [-0.2, 0) is 11.3 Å². The van der Waals surface area contributed by atoms with Crippen LogP contribution in [0.1, 0.15) is 109 Å². The van der Waals surface area contributed by atoms with E-state index in [-0.39, 0.29) is 0 Å². The van der Waals surface area contributed by atoms with E-state index < -0.39 is 5.97 Å². The fourth-order valence-electron chi connectivity index (χ4n) is 4.40. The average molecular weight is 419 g/mol. The summed E-state index contributed by atoms with van der Waals surface area (Å²) >= 11 is 0. The van der Waals surface area contributed by atoms with Gasteiger partial charge < -0.3 is 9.59 Å². The molecule has 1 rings (SSSR count). The highest BCUT2D eigenvalue weighted by molar-refractivity contribution is 5.66. The van der Waals surface area contributed by atoms with Gasteiger partial charge in [0, 0.05) is 12.0 Å². The van der Waals surface area contributed by atoms with Crippen LogP contribution >= 0.6 is 0 Å². The first-order valence-corrected chi connectivity index (χ1v) is 12.6. The SMILES string of the molecule is CCCCCCCCCCCCC[N+](C)(CCCCCC(=O)O)Cc1ccccc1. The molecule has 3 nitrogen and oxygen atoms in total. The molecule has 0 aliphatic rings. The van der Waals surface area contributed by atoms with Crippen molar-refractivity contribution in [2.75, 3.05) is 20.1 Å². The highest BCUT2D eigenvalue weighted by atomic mass is 16.4. The van der Waals surface area contributed by atoms with Gasteiger partial charge in [-0.3, -0.25) is 4.79 Å². The first-order chi connectivity index (χ1) is 14.6. The van der Waals surface area contributed by atoms with Crippen molar-refractivity contribution in [2.45, 2.75) is 110 Å². The number of nitrogens with zero attached hydrogens (tertiary/aromatic N) is 1. The third-order valence-corrected chi connectivity index (χ3v) is 6.30. The van der Waals surface area contributed by atoms with Gasteiger partial charge in [-0.25, -0.2) is 0 Å². The molecule has 0 saturated heterocycles. The van der Waals surface area contributed by atoms with E-state index in [9.17, 15) is 4.79 Å². The lowest BCUT2D eigenvalue weighted by Gasteiger charge is -2.35. The minimum atomic E-state index is -0.669. The van der Waals surface area contributed by atoms with Gasteiger partial charge in [0.15, 0.2) is 0 Å². The van der Waals surface area contributed by atoms with E-state index in [2.05, 4.69) is 44.3 Å². The van der Waals surface area contributed by atoms with Crippen LogP contribution in [-0.4, -0.2) is 35.7 Å². The molecule has 30 heavy (non-hydrogen) atoms. The zero-order chi connectivity index (χ0) is 21.9. The Kier molecular flexibility index (Phi) is 15.4. The lowest BCUT2D eigenvalue weighted by Crippen LogP contribution is -2.44. The number of carboxylic acids is 1. The summed E-state index contributed by atoms with van der Waals surface area (Å²) < 4.78 is 1.08. The van der Waals surface area contributed by atoms with Crippen molar-refractivity contribution >= 4 is 5.97 Å². The predicted molar refractivity (Wildman–Crippen MR) is 129 cm³/mol. The summed E-state index contributed by atoms with van der Waals surface area (Å²) in [5.41, 5.74) is 1.41. The number of carboxylic acid groups (broad SMARTS) is 1. The summed E-state index contributed by atoms with van der Waals surface area (Å²) in [5, 5.41) is 8.83. The third kappa shape index (κ3) is 14.6. The molecule has 0 spiro atoms. The van der Waals surface area contributed by atoms with Crippen molar-refractivity contribution in [3.63, 3.8) is 0 Å². The first-order valence-electron chi connectivity index (χ1n) is 12.6. The monoisotopic (exact) mass is 418 g/mol. The number of carbonyl (C=O) groups is 1. The average Bonchev–Trinajstić information content (AvgIpc) is 2.72. The molecule has 3 heteroatoms. The van der Waals surface area contributed by atoms with Crippen molar-refractivity contribution in [3.05, 3.63) is 35.9 Å². The summed E-state index contributed by atoms with van der Waals surface area (Å²) in [6.45, 7) is 5.73. The van der Waals surface area contributed by atoms with E-state index in [1.807, 2.05) is 0 Å². The molecule has 1 unspecified atom stereocenters. The minimum Gasteiger partial charge on any atom is -0.481 e. The third-order valence-electron chi connectivity index (χ3n) is 6.30. The lowest BCUT2D eigenvalue weighted by molar-refractivity contribution is -0.923. The van der Waals surface area contributed by atoms with Gasteiger partial charge in [-0.05, 0) is 32.1 Å². The predicted octanol–water partition coefficient (Wildman–Crippen LogP) is 7.59. The molecule has 0 fully saturated rings. The van der Waals surface area contributed by atoms with Gasteiger partial charge in [-0.2, -0.15) is 0 Å². The zero-order valence-corrected chi connectivity index (χ0v) is 19.9. The summed E-state index contributed by atoms with van der Waals surface area (Å²) in [7, 11) is 2.39. The molecule has 0 aliphatic carbocycles. The van der Waals surface area contributed by atoms with Crippen LogP contribution in [0.3, 0.4) is 0 Å². The number of quaternary nitrogens is 1. The fraction of sp³-hybridized carbons (Fsp3) is 0.741. The fourth-order valence-corrected chi connectivity index (χ4v) is 4.40. The number of aliphatic carboxylic acids is 1. The first kappa shape index (κ1) is 26.7. The van der Waals surface area contributed by atoms with Gasteiger partial charge in [0.2, 0.25) is 0 Å². The maximum absolute atomic E-state index is 10.7. The van der Waals surface area contributed by atoms with Gasteiger partial charge in [0.05, 0.1) is 20.1 Å². The van der Waals surface area contributed by atoms with Crippen molar-refractivity contribution in [1.82, 2.24) is 0 Å². The second-order valence-corrected chi connectivity index (χ2v) is 9.45. The van der Waals surface area contributed by atoms with Crippen LogP contribution in [0.15, 0.2) is 30.3 Å². The molecule has 1 aromatic carbocycles. The smallest absolute Gasteiger partial charge is 0.303 e. The second-order valence-electron chi connectivity index (χ2n) is 9.45. The lowest BCUT2D eigenvalue weighted by atomic mass is 10.1. The number of hydrogen-bond donors (Lipinski definition) is 1. The Morgan fingerprint density at radius 3 is 1.70 bits per heavy atom. The molecule has 0 bridgehead atoms. The largest absolute Gasteiger partial charge is 0.481 e. The van der Waals surface area contributed by atoms with Crippen LogP contribution in [0.2, 0.25) is 0 Å². The topological polar surface area (TPSA) is 37.3 Å². The Balaban J connectivity index is 2.25. The Morgan fingerprint density at radius 1 is 0.733 bits per heavy atom. The van der Waals surface area contributed by atoms with Crippen molar-refractivity contribution in [1.29, 1.82) is 0 Å². The standard InChI is InChI=1S/C27H47NO2/c1-3-4-5-6-7-8-9-10-11-12-18-23-28(2,24-19-14-17-22-27(29)30)25-26-20-15-13-16-21-26/h13,15-16,20-21H,3-12,14,17-19,22-25H2,1-2H3/p+1.